The molecule has 0 radical (unpaired) electrons. The first-order valence-electron chi connectivity index (χ1n) is 7.92. The van der Waals surface area contributed by atoms with Crippen LogP contribution in [0.15, 0.2) is 52.5 Å². The number of thioether (sulfide) groups is 1. The molecule has 0 spiro atoms. The molecule has 0 fully saturated rings. The molecule has 4 nitrogen and oxygen atoms in total. The molecule has 0 aliphatic heterocycles. The molecule has 2 aromatic rings. The summed E-state index contributed by atoms with van der Waals surface area (Å²) < 4.78 is 12.8. The molecule has 2 rings (SSSR count). The molecule has 25 heavy (non-hydrogen) atoms. The fourth-order valence-corrected chi connectivity index (χ4v) is 2.94. The molecule has 1 heterocycles. The quantitative estimate of drug-likeness (QED) is 0.210. The van der Waals surface area contributed by atoms with Crippen molar-refractivity contribution in [3.8, 4) is 0 Å². The van der Waals surface area contributed by atoms with Crippen LogP contribution < -0.4 is 10.6 Å². The number of aromatic nitrogens is 1. The molecule has 0 aliphatic carbocycles. The summed E-state index contributed by atoms with van der Waals surface area (Å²) in [5.74, 6) is 1.54. The Hall–Kier alpha value is -1.35. The Labute approximate surface area is 170 Å². The summed E-state index contributed by atoms with van der Waals surface area (Å²) in [5.41, 5.74) is 2.18. The zero-order chi connectivity index (χ0) is 17.2. The average Bonchev–Trinajstić information content (AvgIpc) is 2.60. The number of halogens is 2. The average molecular weight is 474 g/mol. The van der Waals surface area contributed by atoms with Crippen molar-refractivity contribution in [2.45, 2.75) is 24.8 Å². The van der Waals surface area contributed by atoms with Gasteiger partial charge in [0.25, 0.3) is 0 Å². The molecule has 1 aromatic carbocycles. The van der Waals surface area contributed by atoms with E-state index >= 15 is 0 Å². The summed E-state index contributed by atoms with van der Waals surface area (Å²) in [6.07, 6.45) is 2.79. The third-order valence-electron chi connectivity index (χ3n) is 3.46. The lowest BCUT2D eigenvalue weighted by molar-refractivity contribution is 0.626. The number of hydrogen-bond donors (Lipinski definition) is 2. The fourth-order valence-electron chi connectivity index (χ4n) is 2.09. The number of pyridine rings is 1. The largest absolute Gasteiger partial charge is 0.356 e. The van der Waals surface area contributed by atoms with E-state index in [1.54, 1.807) is 25.0 Å². The van der Waals surface area contributed by atoms with Gasteiger partial charge in [-0.3, -0.25) is 9.98 Å². The Kier molecular flexibility index (Phi) is 10.5. The highest BCUT2D eigenvalue weighted by molar-refractivity contribution is 14.0. The van der Waals surface area contributed by atoms with E-state index in [0.29, 0.717) is 6.54 Å². The van der Waals surface area contributed by atoms with Crippen LogP contribution in [-0.4, -0.2) is 30.3 Å². The minimum Gasteiger partial charge on any atom is -0.356 e. The zero-order valence-corrected chi connectivity index (χ0v) is 17.6. The molecule has 0 saturated heterocycles. The van der Waals surface area contributed by atoms with Crippen molar-refractivity contribution in [1.82, 2.24) is 15.6 Å². The number of hydrogen-bond acceptors (Lipinski definition) is 3. The maximum atomic E-state index is 12.8. The van der Waals surface area contributed by atoms with Crippen molar-refractivity contribution in [3.05, 3.63) is 59.7 Å². The Morgan fingerprint density at radius 3 is 2.64 bits per heavy atom. The normalized spacial score (nSPS) is 10.9. The Bertz CT molecular complexity index is 664. The predicted molar refractivity (Wildman–Crippen MR) is 114 cm³/mol. The first-order valence-corrected chi connectivity index (χ1v) is 8.91. The van der Waals surface area contributed by atoms with Crippen LogP contribution in [0.4, 0.5) is 4.39 Å². The maximum Gasteiger partial charge on any atom is 0.191 e. The molecular formula is C18H24FIN4S. The predicted octanol–water partition coefficient (Wildman–Crippen LogP) is 3.99. The smallest absolute Gasteiger partial charge is 0.191 e. The first kappa shape index (κ1) is 21.7. The highest BCUT2D eigenvalue weighted by Crippen LogP contribution is 2.18. The highest BCUT2D eigenvalue weighted by Gasteiger charge is 2.01. The Morgan fingerprint density at radius 2 is 1.96 bits per heavy atom. The van der Waals surface area contributed by atoms with Gasteiger partial charge in [0.15, 0.2) is 5.96 Å². The van der Waals surface area contributed by atoms with Gasteiger partial charge < -0.3 is 10.6 Å². The van der Waals surface area contributed by atoms with Gasteiger partial charge in [-0.25, -0.2) is 4.39 Å². The summed E-state index contributed by atoms with van der Waals surface area (Å²) >= 11 is 1.72. The van der Waals surface area contributed by atoms with Gasteiger partial charge in [-0.1, -0.05) is 6.07 Å². The van der Waals surface area contributed by atoms with E-state index in [-0.39, 0.29) is 29.8 Å². The van der Waals surface area contributed by atoms with Crippen LogP contribution in [0, 0.1) is 12.7 Å². The number of nitrogens with zero attached hydrogens (tertiary/aromatic N) is 2. The number of rotatable bonds is 7. The standard InChI is InChI=1S/C18H23FN4S.HI/c1-14-5-3-10-21-17(14)13-23-18(20-2)22-11-4-12-24-16-8-6-15(19)7-9-16;/h3,5-10H,4,11-13H2,1-2H3,(H2,20,22,23);1H. The van der Waals surface area contributed by atoms with Crippen molar-refractivity contribution in [2.24, 2.45) is 4.99 Å². The van der Waals surface area contributed by atoms with E-state index in [1.807, 2.05) is 31.2 Å². The summed E-state index contributed by atoms with van der Waals surface area (Å²) in [5, 5.41) is 6.56. The second-order valence-electron chi connectivity index (χ2n) is 5.28. The lowest BCUT2D eigenvalue weighted by atomic mass is 10.2. The van der Waals surface area contributed by atoms with Crippen LogP contribution in [0.1, 0.15) is 17.7 Å². The molecule has 0 atom stereocenters. The van der Waals surface area contributed by atoms with Crippen LogP contribution in [0.2, 0.25) is 0 Å². The summed E-state index contributed by atoms with van der Waals surface area (Å²) in [6, 6.07) is 10.6. The molecule has 1 aromatic heterocycles. The molecule has 7 heteroatoms. The molecule has 0 saturated carbocycles. The second-order valence-corrected chi connectivity index (χ2v) is 6.44. The van der Waals surface area contributed by atoms with Gasteiger partial charge in [0.1, 0.15) is 5.82 Å². The van der Waals surface area contributed by atoms with Crippen molar-refractivity contribution >= 4 is 41.7 Å². The van der Waals surface area contributed by atoms with Crippen LogP contribution in [0.5, 0.6) is 0 Å². The second kappa shape index (κ2) is 12.1. The van der Waals surface area contributed by atoms with Gasteiger partial charge in [-0.15, -0.1) is 35.7 Å². The number of benzene rings is 1. The van der Waals surface area contributed by atoms with E-state index in [9.17, 15) is 4.39 Å². The van der Waals surface area contributed by atoms with Crippen LogP contribution >= 0.6 is 35.7 Å². The number of nitrogens with one attached hydrogen (secondary N) is 2. The monoisotopic (exact) mass is 474 g/mol. The first-order chi connectivity index (χ1) is 11.7. The summed E-state index contributed by atoms with van der Waals surface area (Å²) in [7, 11) is 1.76. The van der Waals surface area contributed by atoms with Crippen LogP contribution in [-0.2, 0) is 6.54 Å². The van der Waals surface area contributed by atoms with E-state index in [4.69, 9.17) is 0 Å². The van der Waals surface area contributed by atoms with E-state index in [2.05, 4.69) is 20.6 Å². The minimum atomic E-state index is -0.195. The number of guanidine groups is 1. The molecule has 0 aliphatic rings. The molecule has 136 valence electrons. The third kappa shape index (κ3) is 8.04. The number of aryl methyl sites for hydroxylation is 1. The molecule has 2 N–H and O–H groups in total. The molecule has 0 unspecified atom stereocenters. The Balaban J connectivity index is 0.00000312. The van der Waals surface area contributed by atoms with E-state index < -0.39 is 0 Å². The van der Waals surface area contributed by atoms with E-state index in [1.165, 1.54) is 12.1 Å². The van der Waals surface area contributed by atoms with Crippen molar-refractivity contribution in [2.75, 3.05) is 19.3 Å². The van der Waals surface area contributed by atoms with Gasteiger partial charge in [0.05, 0.1) is 12.2 Å². The van der Waals surface area contributed by atoms with Crippen LogP contribution in [0.25, 0.3) is 0 Å². The fraction of sp³-hybridized carbons (Fsp3) is 0.333. The summed E-state index contributed by atoms with van der Waals surface area (Å²) in [6.45, 7) is 3.53. The zero-order valence-electron chi connectivity index (χ0n) is 14.5. The van der Waals surface area contributed by atoms with Crippen LogP contribution in [0.3, 0.4) is 0 Å². The Morgan fingerprint density at radius 1 is 1.20 bits per heavy atom. The van der Waals surface area contributed by atoms with Gasteiger partial charge in [-0.2, -0.15) is 0 Å². The lowest BCUT2D eigenvalue weighted by Crippen LogP contribution is -2.37. The summed E-state index contributed by atoms with van der Waals surface area (Å²) in [4.78, 5) is 9.66. The molecular weight excluding hydrogens is 450 g/mol. The highest BCUT2D eigenvalue weighted by atomic mass is 127. The third-order valence-corrected chi connectivity index (χ3v) is 4.56. The van der Waals surface area contributed by atoms with Crippen molar-refractivity contribution in [3.63, 3.8) is 0 Å². The number of aliphatic imine (C=N–C) groups is 1. The minimum absolute atomic E-state index is 0. The van der Waals surface area contributed by atoms with Crippen molar-refractivity contribution < 1.29 is 4.39 Å². The van der Waals surface area contributed by atoms with Gasteiger partial charge >= 0.3 is 0 Å². The van der Waals surface area contributed by atoms with Gasteiger partial charge in [0.2, 0.25) is 0 Å². The molecule has 0 amide bonds. The van der Waals surface area contributed by atoms with Crippen molar-refractivity contribution in [1.29, 1.82) is 0 Å². The van der Waals surface area contributed by atoms with Gasteiger partial charge in [-0.05, 0) is 55.0 Å². The van der Waals surface area contributed by atoms with Gasteiger partial charge in [0, 0.05) is 24.7 Å². The maximum absolute atomic E-state index is 12.8. The topological polar surface area (TPSA) is 49.3 Å². The van der Waals surface area contributed by atoms with E-state index in [0.717, 1.165) is 40.8 Å². The SMILES string of the molecule is CN=C(NCCCSc1ccc(F)cc1)NCc1ncccc1C.I. The molecule has 0 bridgehead atoms. The lowest BCUT2D eigenvalue weighted by Gasteiger charge is -2.12.